The van der Waals surface area contributed by atoms with Crippen LogP contribution in [0.2, 0.25) is 0 Å². The fourth-order valence-electron chi connectivity index (χ4n) is 3.07. The number of aliphatic hydroxyl groups excluding tert-OH is 1. The highest BCUT2D eigenvalue weighted by molar-refractivity contribution is 4.98. The van der Waals surface area contributed by atoms with Gasteiger partial charge in [-0.2, -0.15) is 0 Å². The van der Waals surface area contributed by atoms with Crippen molar-refractivity contribution in [2.75, 3.05) is 0 Å². The average molecular weight is 253 g/mol. The van der Waals surface area contributed by atoms with Gasteiger partial charge in [0.1, 0.15) is 12.5 Å². The molecule has 2 fully saturated rings. The second-order valence-corrected chi connectivity index (χ2v) is 6.12. The molecule has 1 heterocycles. The van der Waals surface area contributed by atoms with Gasteiger partial charge in [0.15, 0.2) is 0 Å². The predicted molar refractivity (Wildman–Crippen MR) is 73.0 cm³/mol. The van der Waals surface area contributed by atoms with Crippen molar-refractivity contribution < 1.29 is 9.84 Å². The molecule has 3 heteroatoms. The summed E-state index contributed by atoms with van der Waals surface area (Å²) in [6, 6.07) is 0. The molecule has 0 radical (unpaired) electrons. The Hall–Kier alpha value is -0.380. The Balaban J connectivity index is 1.80. The number of hydrogen-bond acceptors (Lipinski definition) is 3. The third-order valence-electron chi connectivity index (χ3n) is 4.46. The van der Waals surface area contributed by atoms with Crippen molar-refractivity contribution in [3.8, 4) is 0 Å². The first-order valence-corrected chi connectivity index (χ1v) is 7.31. The molecule has 0 aromatic carbocycles. The van der Waals surface area contributed by atoms with E-state index in [0.717, 1.165) is 25.7 Å². The summed E-state index contributed by atoms with van der Waals surface area (Å²) in [5, 5.41) is 13.0. The maximum Gasteiger partial charge on any atom is 0.110 e. The molecule has 1 aliphatic heterocycles. The molecule has 1 aliphatic carbocycles. The number of aliphatic hydroxyl groups is 1. The van der Waals surface area contributed by atoms with Crippen LogP contribution >= 0.6 is 0 Å². The van der Waals surface area contributed by atoms with Gasteiger partial charge in [-0.25, -0.2) is 0 Å². The summed E-state index contributed by atoms with van der Waals surface area (Å²) in [5.74, 6) is 0.954. The summed E-state index contributed by atoms with van der Waals surface area (Å²) in [6.07, 6.45) is 6.73. The van der Waals surface area contributed by atoms with Gasteiger partial charge in [0.05, 0.1) is 6.10 Å². The molecule has 2 rings (SSSR count). The summed E-state index contributed by atoms with van der Waals surface area (Å²) >= 11 is 0. The topological polar surface area (TPSA) is 41.5 Å². The van der Waals surface area contributed by atoms with Gasteiger partial charge in [0, 0.05) is 0 Å². The third-order valence-corrected chi connectivity index (χ3v) is 4.46. The minimum absolute atomic E-state index is 0.0325. The maximum atomic E-state index is 9.81. The Kier molecular flexibility index (Phi) is 4.82. The summed E-state index contributed by atoms with van der Waals surface area (Å²) in [5.41, 5.74) is 1.29. The molecule has 104 valence electrons. The van der Waals surface area contributed by atoms with Crippen molar-refractivity contribution in [1.29, 1.82) is 0 Å². The van der Waals surface area contributed by atoms with Gasteiger partial charge in [0.2, 0.25) is 0 Å². The standard InChI is InChI=1S/C15H27NO2/c1-10(2)12-5-4-6-13(9-12)18-14-8-7-11(3)15(17)16-14/h11-17H,1,4-9H2,2-3H3. The number of hydrogen-bond donors (Lipinski definition) is 2. The Bertz CT molecular complexity index is 292. The third kappa shape index (κ3) is 3.56. The van der Waals surface area contributed by atoms with Crippen molar-refractivity contribution in [3.63, 3.8) is 0 Å². The van der Waals surface area contributed by atoms with E-state index in [0.29, 0.717) is 17.9 Å². The quantitative estimate of drug-likeness (QED) is 0.760. The van der Waals surface area contributed by atoms with Crippen LogP contribution in [-0.4, -0.2) is 23.7 Å². The first-order valence-electron chi connectivity index (χ1n) is 7.31. The van der Waals surface area contributed by atoms with Crippen LogP contribution in [-0.2, 0) is 4.74 Å². The Morgan fingerprint density at radius 1 is 1.28 bits per heavy atom. The maximum absolute atomic E-state index is 9.81. The van der Waals surface area contributed by atoms with Crippen LogP contribution in [0, 0.1) is 11.8 Å². The van der Waals surface area contributed by atoms with Gasteiger partial charge in [-0.05, 0) is 50.9 Å². The Morgan fingerprint density at radius 2 is 2.06 bits per heavy atom. The molecule has 1 saturated heterocycles. The molecule has 3 nitrogen and oxygen atoms in total. The zero-order chi connectivity index (χ0) is 13.1. The Morgan fingerprint density at radius 3 is 2.72 bits per heavy atom. The zero-order valence-electron chi connectivity index (χ0n) is 11.7. The van der Waals surface area contributed by atoms with E-state index in [1.165, 1.54) is 18.4 Å². The van der Waals surface area contributed by atoms with Gasteiger partial charge >= 0.3 is 0 Å². The molecule has 2 aliphatic rings. The minimum Gasteiger partial charge on any atom is -0.378 e. The van der Waals surface area contributed by atoms with E-state index in [-0.39, 0.29) is 6.23 Å². The summed E-state index contributed by atoms with van der Waals surface area (Å²) in [4.78, 5) is 0. The predicted octanol–water partition coefficient (Wildman–Crippen LogP) is 2.80. The normalized spacial score (nSPS) is 41.6. The fraction of sp³-hybridized carbons (Fsp3) is 0.867. The lowest BCUT2D eigenvalue weighted by Gasteiger charge is -2.37. The number of piperidine rings is 1. The highest BCUT2D eigenvalue weighted by atomic mass is 16.5. The van der Waals surface area contributed by atoms with Gasteiger partial charge in [-0.3, -0.25) is 5.32 Å². The average Bonchev–Trinajstić information content (AvgIpc) is 2.34. The number of rotatable bonds is 3. The summed E-state index contributed by atoms with van der Waals surface area (Å²) < 4.78 is 6.12. The van der Waals surface area contributed by atoms with Crippen molar-refractivity contribution in [2.24, 2.45) is 11.8 Å². The van der Waals surface area contributed by atoms with E-state index in [1.807, 2.05) is 0 Å². The van der Waals surface area contributed by atoms with E-state index < -0.39 is 6.23 Å². The lowest BCUT2D eigenvalue weighted by Crippen LogP contribution is -2.49. The molecule has 5 unspecified atom stereocenters. The van der Waals surface area contributed by atoms with E-state index >= 15 is 0 Å². The van der Waals surface area contributed by atoms with E-state index in [1.54, 1.807) is 0 Å². The van der Waals surface area contributed by atoms with Crippen LogP contribution in [0.5, 0.6) is 0 Å². The van der Waals surface area contributed by atoms with Crippen LogP contribution in [0.15, 0.2) is 12.2 Å². The molecular weight excluding hydrogens is 226 g/mol. The molecule has 1 saturated carbocycles. The zero-order valence-corrected chi connectivity index (χ0v) is 11.7. The lowest BCUT2D eigenvalue weighted by molar-refractivity contribution is -0.106. The second kappa shape index (κ2) is 6.18. The summed E-state index contributed by atoms with van der Waals surface area (Å²) in [7, 11) is 0. The van der Waals surface area contributed by atoms with Crippen molar-refractivity contribution in [2.45, 2.75) is 70.9 Å². The monoisotopic (exact) mass is 253 g/mol. The highest BCUT2D eigenvalue weighted by Crippen LogP contribution is 2.32. The van der Waals surface area contributed by atoms with Gasteiger partial charge in [0.25, 0.3) is 0 Å². The molecular formula is C15H27NO2. The summed E-state index contributed by atoms with van der Waals surface area (Å²) in [6.45, 7) is 8.27. The molecule has 2 N–H and O–H groups in total. The SMILES string of the molecule is C=C(C)C1CCCC(OC2CCC(C)C(O)N2)C1. The van der Waals surface area contributed by atoms with Gasteiger partial charge < -0.3 is 9.84 Å². The smallest absolute Gasteiger partial charge is 0.110 e. The number of nitrogens with one attached hydrogen (secondary N) is 1. The molecule has 0 aromatic heterocycles. The molecule has 18 heavy (non-hydrogen) atoms. The van der Waals surface area contributed by atoms with E-state index in [4.69, 9.17) is 4.74 Å². The molecule has 0 amide bonds. The Labute approximate surface area is 111 Å². The minimum atomic E-state index is -0.413. The lowest BCUT2D eigenvalue weighted by atomic mass is 9.83. The van der Waals surface area contributed by atoms with Crippen LogP contribution < -0.4 is 5.32 Å². The molecule has 5 atom stereocenters. The molecule has 0 bridgehead atoms. The van der Waals surface area contributed by atoms with E-state index in [2.05, 4.69) is 25.7 Å². The fourth-order valence-corrected chi connectivity index (χ4v) is 3.07. The molecule has 0 aromatic rings. The first-order chi connectivity index (χ1) is 8.56. The van der Waals surface area contributed by atoms with Crippen molar-refractivity contribution in [1.82, 2.24) is 5.32 Å². The van der Waals surface area contributed by atoms with Crippen LogP contribution in [0.1, 0.15) is 52.4 Å². The van der Waals surface area contributed by atoms with Crippen molar-refractivity contribution in [3.05, 3.63) is 12.2 Å². The highest BCUT2D eigenvalue weighted by Gasteiger charge is 2.30. The first kappa shape index (κ1) is 14.0. The second-order valence-electron chi connectivity index (χ2n) is 6.12. The van der Waals surface area contributed by atoms with Crippen LogP contribution in [0.4, 0.5) is 0 Å². The van der Waals surface area contributed by atoms with Gasteiger partial charge in [-0.1, -0.05) is 25.5 Å². The van der Waals surface area contributed by atoms with E-state index in [9.17, 15) is 5.11 Å². The van der Waals surface area contributed by atoms with Crippen molar-refractivity contribution >= 4 is 0 Å². The number of allylic oxidation sites excluding steroid dienone is 1. The van der Waals surface area contributed by atoms with Gasteiger partial charge in [-0.15, -0.1) is 0 Å². The molecule has 0 spiro atoms. The number of ether oxygens (including phenoxy) is 1. The van der Waals surface area contributed by atoms with Crippen LogP contribution in [0.25, 0.3) is 0 Å². The largest absolute Gasteiger partial charge is 0.378 e. The van der Waals surface area contributed by atoms with Crippen LogP contribution in [0.3, 0.4) is 0 Å².